The number of hydrogen-bond donors (Lipinski definition) is 0. The summed E-state index contributed by atoms with van der Waals surface area (Å²) in [4.78, 5) is 2.60. The highest BCUT2D eigenvalue weighted by atomic mass is 79.9. The summed E-state index contributed by atoms with van der Waals surface area (Å²) >= 11 is 3.69. The van der Waals surface area contributed by atoms with Gasteiger partial charge < -0.3 is 4.90 Å². The molecule has 0 unspecified atom stereocenters. The fourth-order valence-corrected chi connectivity index (χ4v) is 2.97. The normalized spacial score (nSPS) is 12.8. The average molecular weight is 278 g/mol. The van der Waals surface area contributed by atoms with Gasteiger partial charge in [0.2, 0.25) is 0 Å². The first kappa shape index (κ1) is 15.4. The van der Waals surface area contributed by atoms with Crippen LogP contribution in [-0.4, -0.2) is 29.9 Å². The van der Waals surface area contributed by atoms with Gasteiger partial charge in [-0.2, -0.15) is 0 Å². The Kier molecular flexibility index (Phi) is 7.90. The number of alkyl halides is 1. The maximum absolute atomic E-state index is 3.69. The number of rotatable bonds is 8. The molecule has 0 rings (SSSR count). The molecule has 0 spiro atoms. The van der Waals surface area contributed by atoms with E-state index in [-0.39, 0.29) is 0 Å². The van der Waals surface area contributed by atoms with Crippen LogP contribution in [-0.2, 0) is 0 Å². The minimum absolute atomic E-state index is 0.477. The molecule has 0 aromatic carbocycles. The average Bonchev–Trinajstić information content (AvgIpc) is 2.24. The first-order valence-corrected chi connectivity index (χ1v) is 7.44. The summed E-state index contributed by atoms with van der Waals surface area (Å²) in [5.74, 6) is 0.770. The minimum Gasteiger partial charge on any atom is -0.303 e. The van der Waals surface area contributed by atoms with Crippen molar-refractivity contribution in [1.82, 2.24) is 4.90 Å². The Morgan fingerprint density at radius 3 is 1.93 bits per heavy atom. The molecule has 0 radical (unpaired) electrons. The van der Waals surface area contributed by atoms with E-state index < -0.39 is 0 Å². The van der Waals surface area contributed by atoms with Gasteiger partial charge in [-0.3, -0.25) is 0 Å². The van der Waals surface area contributed by atoms with Crippen LogP contribution in [0.25, 0.3) is 0 Å². The van der Waals surface area contributed by atoms with Crippen molar-refractivity contribution in [2.75, 3.05) is 25.0 Å². The van der Waals surface area contributed by atoms with Gasteiger partial charge in [0.05, 0.1) is 0 Å². The van der Waals surface area contributed by atoms with Crippen molar-refractivity contribution in [2.24, 2.45) is 11.3 Å². The zero-order valence-electron chi connectivity index (χ0n) is 11.1. The molecule has 0 N–H and O–H groups in total. The summed E-state index contributed by atoms with van der Waals surface area (Å²) in [6, 6.07) is 0. The Morgan fingerprint density at radius 2 is 1.67 bits per heavy atom. The van der Waals surface area contributed by atoms with Crippen LogP contribution in [0.4, 0.5) is 0 Å². The highest BCUT2D eigenvalue weighted by molar-refractivity contribution is 9.09. The van der Waals surface area contributed by atoms with Crippen LogP contribution >= 0.6 is 15.9 Å². The molecule has 0 aliphatic carbocycles. The molecule has 0 fully saturated rings. The topological polar surface area (TPSA) is 3.24 Å². The third kappa shape index (κ3) is 5.35. The van der Waals surface area contributed by atoms with E-state index in [1.807, 2.05) is 0 Å². The van der Waals surface area contributed by atoms with E-state index in [2.05, 4.69) is 55.4 Å². The van der Waals surface area contributed by atoms with Gasteiger partial charge in [0.25, 0.3) is 0 Å². The Bertz CT molecular complexity index is 144. The number of nitrogens with zero attached hydrogens (tertiary/aromatic N) is 1. The first-order chi connectivity index (χ1) is 7.03. The van der Waals surface area contributed by atoms with Gasteiger partial charge >= 0.3 is 0 Å². The van der Waals surface area contributed by atoms with Gasteiger partial charge in [0.1, 0.15) is 0 Å². The minimum atomic E-state index is 0.477. The van der Waals surface area contributed by atoms with Crippen LogP contribution in [0.2, 0.25) is 0 Å². The molecule has 2 heteroatoms. The van der Waals surface area contributed by atoms with Crippen LogP contribution in [0.5, 0.6) is 0 Å². The van der Waals surface area contributed by atoms with Gasteiger partial charge in [-0.15, -0.1) is 0 Å². The molecule has 0 amide bonds. The molecule has 0 atom stereocenters. The van der Waals surface area contributed by atoms with Gasteiger partial charge in [-0.25, -0.2) is 0 Å². The second-order valence-corrected chi connectivity index (χ2v) is 5.62. The molecule has 0 saturated carbocycles. The summed E-state index contributed by atoms with van der Waals surface area (Å²) in [5.41, 5.74) is 0.477. The lowest BCUT2D eigenvalue weighted by Crippen LogP contribution is -2.40. The third-order valence-corrected chi connectivity index (χ3v) is 4.60. The lowest BCUT2D eigenvalue weighted by molar-refractivity contribution is 0.151. The van der Waals surface area contributed by atoms with E-state index in [1.54, 1.807) is 0 Å². The van der Waals surface area contributed by atoms with Crippen LogP contribution in [0.3, 0.4) is 0 Å². The van der Waals surface area contributed by atoms with Crippen molar-refractivity contribution in [2.45, 2.75) is 47.5 Å². The van der Waals surface area contributed by atoms with E-state index in [4.69, 9.17) is 0 Å². The molecular weight excluding hydrogens is 250 g/mol. The van der Waals surface area contributed by atoms with Crippen molar-refractivity contribution >= 4 is 15.9 Å². The van der Waals surface area contributed by atoms with Gasteiger partial charge in [-0.1, -0.05) is 50.5 Å². The highest BCUT2D eigenvalue weighted by Crippen LogP contribution is 2.30. The zero-order chi connectivity index (χ0) is 11.9. The summed E-state index contributed by atoms with van der Waals surface area (Å²) in [7, 11) is 0. The maximum atomic E-state index is 3.69. The van der Waals surface area contributed by atoms with E-state index in [9.17, 15) is 0 Å². The molecule has 0 aromatic rings. The Morgan fingerprint density at radius 1 is 1.13 bits per heavy atom. The summed E-state index contributed by atoms with van der Waals surface area (Å²) < 4.78 is 0. The Hall–Kier alpha value is 0.440. The SMILES string of the molecule is CCN(CC(C)C)CC(CC)(CC)CBr. The number of hydrogen-bond acceptors (Lipinski definition) is 1. The Labute approximate surface area is 105 Å². The van der Waals surface area contributed by atoms with Crippen molar-refractivity contribution in [3.8, 4) is 0 Å². The van der Waals surface area contributed by atoms with E-state index in [1.165, 1.54) is 32.5 Å². The van der Waals surface area contributed by atoms with Crippen LogP contribution in [0.15, 0.2) is 0 Å². The van der Waals surface area contributed by atoms with E-state index in [0.717, 1.165) is 11.2 Å². The quantitative estimate of drug-likeness (QED) is 0.602. The van der Waals surface area contributed by atoms with Crippen molar-refractivity contribution in [1.29, 1.82) is 0 Å². The number of halogens is 1. The van der Waals surface area contributed by atoms with Crippen molar-refractivity contribution in [3.05, 3.63) is 0 Å². The predicted molar refractivity (Wildman–Crippen MR) is 73.8 cm³/mol. The second kappa shape index (κ2) is 7.67. The fourth-order valence-electron chi connectivity index (χ4n) is 2.00. The molecule has 92 valence electrons. The second-order valence-electron chi connectivity index (χ2n) is 5.06. The largest absolute Gasteiger partial charge is 0.303 e. The molecular formula is C13H28BrN. The van der Waals surface area contributed by atoms with Crippen molar-refractivity contribution in [3.63, 3.8) is 0 Å². The fraction of sp³-hybridized carbons (Fsp3) is 1.00. The monoisotopic (exact) mass is 277 g/mol. The Balaban J connectivity index is 4.34. The van der Waals surface area contributed by atoms with Crippen LogP contribution in [0.1, 0.15) is 47.5 Å². The van der Waals surface area contributed by atoms with Gasteiger partial charge in [0, 0.05) is 18.4 Å². The van der Waals surface area contributed by atoms with Gasteiger partial charge in [-0.05, 0) is 30.7 Å². The summed E-state index contributed by atoms with van der Waals surface area (Å²) in [6.07, 6.45) is 2.53. The summed E-state index contributed by atoms with van der Waals surface area (Å²) in [5, 5.41) is 1.13. The van der Waals surface area contributed by atoms with Gasteiger partial charge in [0.15, 0.2) is 0 Å². The van der Waals surface area contributed by atoms with Crippen LogP contribution in [0, 0.1) is 11.3 Å². The zero-order valence-corrected chi connectivity index (χ0v) is 12.7. The van der Waals surface area contributed by atoms with Crippen molar-refractivity contribution < 1.29 is 0 Å². The van der Waals surface area contributed by atoms with Crippen LogP contribution < -0.4 is 0 Å². The summed E-state index contributed by atoms with van der Waals surface area (Å²) in [6.45, 7) is 15.1. The maximum Gasteiger partial charge on any atom is 0.01000 e. The third-order valence-electron chi connectivity index (χ3n) is 3.41. The highest BCUT2D eigenvalue weighted by Gasteiger charge is 2.27. The molecule has 0 bridgehead atoms. The van der Waals surface area contributed by atoms with E-state index in [0.29, 0.717) is 5.41 Å². The molecule has 15 heavy (non-hydrogen) atoms. The molecule has 0 aromatic heterocycles. The van der Waals surface area contributed by atoms with E-state index >= 15 is 0 Å². The standard InChI is InChI=1S/C13H28BrN/c1-6-13(7-2,10-14)11-15(8-3)9-12(4)5/h12H,6-11H2,1-5H3. The molecule has 1 nitrogen and oxygen atoms in total. The molecule has 0 saturated heterocycles. The molecule has 0 aliphatic rings. The smallest absolute Gasteiger partial charge is 0.01000 e. The first-order valence-electron chi connectivity index (χ1n) is 6.31. The predicted octanol–water partition coefficient (Wildman–Crippen LogP) is 4.17. The lowest BCUT2D eigenvalue weighted by Gasteiger charge is -2.36. The molecule has 0 aliphatic heterocycles. The lowest BCUT2D eigenvalue weighted by atomic mass is 9.84. The molecule has 0 heterocycles.